The zero-order valence-corrected chi connectivity index (χ0v) is 24.5. The Kier molecular flexibility index (Phi) is 8.91. The molecule has 0 spiro atoms. The van der Waals surface area contributed by atoms with E-state index in [-0.39, 0.29) is 33.5 Å². The lowest BCUT2D eigenvalue weighted by atomic mass is 9.70. The predicted molar refractivity (Wildman–Crippen MR) is 153 cm³/mol. The first-order chi connectivity index (χ1) is 18.8. The first-order valence-electron chi connectivity index (χ1n) is 13.1. The Morgan fingerprint density at radius 3 is 2.40 bits per heavy atom. The number of ether oxygens (including phenoxy) is 1. The highest BCUT2D eigenvalue weighted by atomic mass is 32.2. The molecule has 2 saturated carbocycles. The van der Waals surface area contributed by atoms with Gasteiger partial charge in [-0.1, -0.05) is 43.8 Å². The smallest absolute Gasteiger partial charge is 0.286 e. The molecule has 2 bridgehead atoms. The minimum atomic E-state index is -4.08. The Labute approximate surface area is 239 Å². The number of rotatable bonds is 9. The van der Waals surface area contributed by atoms with Gasteiger partial charge in [0.1, 0.15) is 24.0 Å². The van der Waals surface area contributed by atoms with Crippen molar-refractivity contribution in [3.8, 4) is 5.75 Å². The molecule has 2 aromatic rings. The van der Waals surface area contributed by atoms with E-state index < -0.39 is 21.3 Å². The number of ketones is 1. The number of hydrogen-bond donors (Lipinski definition) is 2. The van der Waals surface area contributed by atoms with Gasteiger partial charge in [-0.25, -0.2) is 4.98 Å². The Morgan fingerprint density at radius 1 is 1.15 bits per heavy atom. The zero-order chi connectivity index (χ0) is 29.1. The van der Waals surface area contributed by atoms with E-state index >= 15 is 0 Å². The summed E-state index contributed by atoms with van der Waals surface area (Å²) in [4.78, 5) is 41.0. The van der Waals surface area contributed by atoms with Gasteiger partial charge in [0.15, 0.2) is 0 Å². The lowest BCUT2D eigenvalue weighted by Gasteiger charge is -2.35. The van der Waals surface area contributed by atoms with Crippen molar-refractivity contribution in [1.29, 1.82) is 0 Å². The Hall–Kier alpha value is -2.96. The van der Waals surface area contributed by atoms with Crippen molar-refractivity contribution in [2.24, 2.45) is 16.7 Å². The van der Waals surface area contributed by atoms with Crippen molar-refractivity contribution in [2.75, 3.05) is 30.9 Å². The Morgan fingerprint density at radius 2 is 1.88 bits per heavy atom. The van der Waals surface area contributed by atoms with Crippen molar-refractivity contribution < 1.29 is 32.1 Å². The largest absolute Gasteiger partial charge is 0.492 e. The van der Waals surface area contributed by atoms with Gasteiger partial charge in [-0.2, -0.15) is 8.42 Å². The van der Waals surface area contributed by atoms with E-state index in [1.807, 2.05) is 68.3 Å². The number of benzene rings is 1. The van der Waals surface area contributed by atoms with Crippen LogP contribution >= 0.6 is 11.8 Å². The SMILES string of the molecule is CC1(C)C2CC[C@]1(CS(=O)(=O)O)C(=O)C2.CN(CCOc1ccc(CC2SC(=O)NC2=O)cc1)c1ccccn1. The fourth-order valence-electron chi connectivity index (χ4n) is 5.88. The highest BCUT2D eigenvalue weighted by molar-refractivity contribution is 8.15. The van der Waals surface area contributed by atoms with E-state index in [0.717, 1.165) is 41.9 Å². The van der Waals surface area contributed by atoms with Crippen molar-refractivity contribution in [3.63, 3.8) is 0 Å². The number of thioether (sulfide) groups is 1. The average Bonchev–Trinajstić information content (AvgIpc) is 3.40. The second kappa shape index (κ2) is 11.9. The summed E-state index contributed by atoms with van der Waals surface area (Å²) in [5.41, 5.74) is -0.120. The van der Waals surface area contributed by atoms with E-state index in [1.165, 1.54) is 0 Å². The molecule has 0 radical (unpaired) electrons. The first kappa shape index (κ1) is 30.0. The molecule has 1 aromatic carbocycles. The lowest BCUT2D eigenvalue weighted by molar-refractivity contribution is -0.128. The van der Waals surface area contributed by atoms with E-state index in [1.54, 1.807) is 6.20 Å². The van der Waals surface area contributed by atoms with Gasteiger partial charge >= 0.3 is 0 Å². The predicted octanol–water partition coefficient (Wildman–Crippen LogP) is 3.76. The summed E-state index contributed by atoms with van der Waals surface area (Å²) >= 11 is 1.05. The summed E-state index contributed by atoms with van der Waals surface area (Å²) in [6, 6.07) is 13.4. The molecule has 2 heterocycles. The average molecular weight is 590 g/mol. The summed E-state index contributed by atoms with van der Waals surface area (Å²) in [7, 11) is -2.10. The van der Waals surface area contributed by atoms with Crippen LogP contribution in [0.1, 0.15) is 38.7 Å². The van der Waals surface area contributed by atoms with E-state index in [2.05, 4.69) is 10.3 Å². The van der Waals surface area contributed by atoms with Crippen LogP contribution in [0, 0.1) is 16.7 Å². The van der Waals surface area contributed by atoms with Crippen molar-refractivity contribution in [3.05, 3.63) is 54.2 Å². The highest BCUT2D eigenvalue weighted by Gasteiger charge is 2.65. The Bertz CT molecular complexity index is 1350. The van der Waals surface area contributed by atoms with Gasteiger partial charge < -0.3 is 9.64 Å². The van der Waals surface area contributed by atoms with Crippen LogP contribution in [-0.4, -0.2) is 66.1 Å². The second-order valence-electron chi connectivity index (χ2n) is 11.1. The molecule has 2 amide bonds. The van der Waals surface area contributed by atoms with E-state index in [9.17, 15) is 22.8 Å². The van der Waals surface area contributed by atoms with Crippen molar-refractivity contribution in [1.82, 2.24) is 10.3 Å². The molecule has 216 valence electrons. The van der Waals surface area contributed by atoms with E-state index in [4.69, 9.17) is 9.29 Å². The lowest BCUT2D eigenvalue weighted by Crippen LogP contribution is -2.42. The number of anilines is 1. The summed E-state index contributed by atoms with van der Waals surface area (Å²) in [6.07, 6.45) is 4.27. The summed E-state index contributed by atoms with van der Waals surface area (Å²) < 4.78 is 36.7. The highest BCUT2D eigenvalue weighted by Crippen LogP contribution is 2.64. The molecule has 12 heteroatoms. The van der Waals surface area contributed by atoms with Crippen molar-refractivity contribution in [2.45, 2.75) is 44.8 Å². The van der Waals surface area contributed by atoms with Crippen molar-refractivity contribution >= 4 is 44.6 Å². The minimum Gasteiger partial charge on any atom is -0.492 e. The number of pyridine rings is 1. The third-order valence-corrected chi connectivity index (χ3v) is 10.3. The molecule has 2 N–H and O–H groups in total. The Balaban J connectivity index is 0.000000210. The number of carbonyl (C=O) groups excluding carboxylic acids is 3. The molecular weight excluding hydrogens is 554 g/mol. The maximum absolute atomic E-state index is 11.9. The van der Waals surface area contributed by atoms with Gasteiger partial charge in [-0.05, 0) is 60.4 Å². The van der Waals surface area contributed by atoms with Crippen LogP contribution in [0.25, 0.3) is 0 Å². The van der Waals surface area contributed by atoms with Crippen LogP contribution in [0.15, 0.2) is 48.7 Å². The topological polar surface area (TPSA) is 143 Å². The fraction of sp³-hybridized carbons (Fsp3) is 0.500. The number of nitrogens with one attached hydrogen (secondary N) is 1. The zero-order valence-electron chi connectivity index (χ0n) is 22.8. The molecule has 2 unspecified atom stereocenters. The van der Waals surface area contributed by atoms with Crippen LogP contribution in [0.2, 0.25) is 0 Å². The molecule has 10 nitrogen and oxygen atoms in total. The monoisotopic (exact) mass is 589 g/mol. The number of fused-ring (bicyclic) bond motifs is 2. The molecule has 3 fully saturated rings. The summed E-state index contributed by atoms with van der Waals surface area (Å²) in [5.74, 6) is 1.37. The summed E-state index contributed by atoms with van der Waals surface area (Å²) in [6.45, 7) is 5.16. The van der Waals surface area contributed by atoms with Gasteiger partial charge in [-0.15, -0.1) is 0 Å². The number of likely N-dealkylation sites (N-methyl/N-ethyl adjacent to an activating group) is 1. The fourth-order valence-corrected chi connectivity index (χ4v) is 8.04. The summed E-state index contributed by atoms with van der Waals surface area (Å²) in [5, 5.41) is 1.69. The van der Waals surface area contributed by atoms with Gasteiger partial charge in [0.2, 0.25) is 5.91 Å². The first-order valence-corrected chi connectivity index (χ1v) is 15.6. The number of nitrogens with zero attached hydrogens (tertiary/aromatic N) is 2. The third-order valence-electron chi connectivity index (χ3n) is 8.42. The van der Waals surface area contributed by atoms with Crippen LogP contribution in [0.3, 0.4) is 0 Å². The maximum atomic E-state index is 11.9. The number of Topliss-reactive ketones (excluding diaryl/α,β-unsaturated/α-hetero) is 1. The molecule has 1 aromatic heterocycles. The van der Waals surface area contributed by atoms with Gasteiger partial charge in [0.25, 0.3) is 15.4 Å². The number of aromatic nitrogens is 1. The van der Waals surface area contributed by atoms with Gasteiger partial charge in [-0.3, -0.25) is 24.3 Å². The van der Waals surface area contributed by atoms with Crippen LogP contribution < -0.4 is 15.0 Å². The minimum absolute atomic E-state index is 0.0152. The van der Waals surface area contributed by atoms with Crippen LogP contribution in [-0.2, 0) is 26.1 Å². The van der Waals surface area contributed by atoms with Crippen LogP contribution in [0.4, 0.5) is 10.6 Å². The van der Waals surface area contributed by atoms with Crippen LogP contribution in [0.5, 0.6) is 5.75 Å². The standard InChI is InChI=1S/C18H19N3O3S.C10H16O4S/c1-21(16-4-2-3-9-19-16)10-11-24-14-7-5-13(6-8-14)12-15-17(22)20-18(23)25-15;1-9(2)7-3-4-10(9,8(11)5-7)6-15(12,13)14/h2-9,15H,10-12H2,1H3,(H,20,22,23);7H,3-6H2,1-2H3,(H,12,13,14)/t;7?,10-/m.0/s1. The number of hydrogen-bond acceptors (Lipinski definition) is 9. The maximum Gasteiger partial charge on any atom is 0.286 e. The molecule has 2 aliphatic carbocycles. The molecule has 3 atom stereocenters. The van der Waals surface area contributed by atoms with Gasteiger partial charge in [0, 0.05) is 19.7 Å². The normalized spacial score (nSPS) is 24.9. The molecule has 40 heavy (non-hydrogen) atoms. The molecule has 1 saturated heterocycles. The van der Waals surface area contributed by atoms with E-state index in [0.29, 0.717) is 25.9 Å². The third kappa shape index (κ3) is 6.67. The molecule has 1 aliphatic heterocycles. The molecule has 3 aliphatic rings. The number of amides is 2. The number of carbonyl (C=O) groups is 3. The second-order valence-corrected chi connectivity index (χ2v) is 13.7. The molecular formula is C28H35N3O7S2. The quantitative estimate of drug-likeness (QED) is 0.415. The number of imide groups is 1. The molecule has 5 rings (SSSR count). The van der Waals surface area contributed by atoms with Gasteiger partial charge in [0.05, 0.1) is 23.0 Å².